The van der Waals surface area contributed by atoms with Gasteiger partial charge in [0, 0.05) is 11.5 Å². The van der Waals surface area contributed by atoms with Crippen LogP contribution in [0.1, 0.15) is 31.2 Å². The summed E-state index contributed by atoms with van der Waals surface area (Å²) < 4.78 is 28.9. The molecular formula is C33H26BClF2N2O7. The minimum atomic E-state index is -1.83. The topological polar surface area (TPSA) is 135 Å². The molecular weight excluding hydrogens is 621 g/mol. The number of anilines is 2. The lowest BCUT2D eigenvalue weighted by Gasteiger charge is -2.49. The van der Waals surface area contributed by atoms with E-state index in [-0.39, 0.29) is 40.3 Å². The van der Waals surface area contributed by atoms with Crippen LogP contribution in [0.25, 0.3) is 0 Å². The Labute approximate surface area is 266 Å². The molecule has 9 nitrogen and oxygen atoms in total. The van der Waals surface area contributed by atoms with Crippen LogP contribution in [0.3, 0.4) is 0 Å². The highest BCUT2D eigenvalue weighted by Gasteiger charge is 2.68. The van der Waals surface area contributed by atoms with Gasteiger partial charge >= 0.3 is 7.12 Å². The van der Waals surface area contributed by atoms with Crippen molar-refractivity contribution in [3.05, 3.63) is 94.5 Å². The quantitative estimate of drug-likeness (QED) is 0.225. The van der Waals surface area contributed by atoms with Gasteiger partial charge in [0.15, 0.2) is 11.6 Å². The molecule has 2 saturated heterocycles. The maximum atomic E-state index is 14.9. The highest BCUT2D eigenvalue weighted by atomic mass is 35.5. The fraction of sp³-hybridized carbons (Fsp3) is 0.273. The zero-order valence-electron chi connectivity index (χ0n) is 24.2. The van der Waals surface area contributed by atoms with E-state index in [1.807, 2.05) is 0 Å². The Kier molecular flexibility index (Phi) is 6.96. The number of nitrogens with zero attached hydrogens (tertiary/aromatic N) is 2. The summed E-state index contributed by atoms with van der Waals surface area (Å²) in [5.74, 6) is -9.35. The highest BCUT2D eigenvalue weighted by Crippen LogP contribution is 2.64. The fourth-order valence-corrected chi connectivity index (χ4v) is 8.25. The minimum absolute atomic E-state index is 0.00562. The molecule has 3 aromatic carbocycles. The zero-order valence-corrected chi connectivity index (χ0v) is 25.0. The third-order valence-electron chi connectivity index (χ3n) is 10.2. The molecule has 4 amide bonds. The van der Waals surface area contributed by atoms with E-state index in [0.717, 1.165) is 21.9 Å². The van der Waals surface area contributed by atoms with Crippen LogP contribution in [0, 0.1) is 40.7 Å². The molecule has 3 N–H and O–H groups in total. The number of hydrogen-bond acceptors (Lipinski definition) is 7. The minimum Gasteiger partial charge on any atom is -0.505 e. The van der Waals surface area contributed by atoms with Crippen molar-refractivity contribution >= 4 is 59.2 Å². The second-order valence-electron chi connectivity index (χ2n) is 12.4. The first kappa shape index (κ1) is 30.3. The van der Waals surface area contributed by atoms with E-state index in [0.29, 0.717) is 5.57 Å². The number of benzene rings is 3. The zero-order chi connectivity index (χ0) is 32.8. The van der Waals surface area contributed by atoms with Crippen LogP contribution >= 0.6 is 11.6 Å². The third kappa shape index (κ3) is 4.13. The Bertz CT molecular complexity index is 1900. The van der Waals surface area contributed by atoms with Gasteiger partial charge in [0.05, 0.1) is 39.6 Å². The Morgan fingerprint density at radius 2 is 1.59 bits per heavy atom. The average Bonchev–Trinajstić information content (AvgIpc) is 3.40. The smallest absolute Gasteiger partial charge is 0.488 e. The van der Waals surface area contributed by atoms with E-state index in [9.17, 15) is 43.1 Å². The lowest BCUT2D eigenvalue weighted by molar-refractivity contribution is -0.131. The lowest BCUT2D eigenvalue weighted by atomic mass is 9.51. The number of aromatic hydroxyl groups is 1. The van der Waals surface area contributed by atoms with Crippen LogP contribution in [0.2, 0.25) is 5.02 Å². The number of allylic oxidation sites excluding steroid dienone is 2. The van der Waals surface area contributed by atoms with Crippen molar-refractivity contribution < 1.29 is 43.1 Å². The van der Waals surface area contributed by atoms with Crippen molar-refractivity contribution in [3.8, 4) is 5.75 Å². The van der Waals surface area contributed by atoms with Crippen LogP contribution < -0.4 is 15.3 Å². The van der Waals surface area contributed by atoms with Crippen molar-refractivity contribution in [2.24, 2.45) is 29.1 Å². The predicted octanol–water partition coefficient (Wildman–Crippen LogP) is 3.44. The molecule has 2 heterocycles. The van der Waals surface area contributed by atoms with Gasteiger partial charge < -0.3 is 15.2 Å². The number of phenols is 1. The molecule has 6 atom stereocenters. The van der Waals surface area contributed by atoms with E-state index in [4.69, 9.17) is 11.6 Å². The second-order valence-corrected chi connectivity index (χ2v) is 12.8. The molecule has 0 aromatic heterocycles. The van der Waals surface area contributed by atoms with E-state index >= 15 is 0 Å². The summed E-state index contributed by atoms with van der Waals surface area (Å²) >= 11 is 6.01. The number of fused-ring (bicyclic) bond motifs is 4. The molecule has 46 heavy (non-hydrogen) atoms. The Hall–Kier alpha value is -4.39. The van der Waals surface area contributed by atoms with Gasteiger partial charge in [-0.25, -0.2) is 13.7 Å². The van der Waals surface area contributed by atoms with Crippen molar-refractivity contribution in [2.45, 2.75) is 25.7 Å². The molecule has 3 aromatic rings. The summed E-state index contributed by atoms with van der Waals surface area (Å²) in [6, 6.07) is 13.1. The Balaban J connectivity index is 1.37. The molecule has 0 spiro atoms. The second kappa shape index (κ2) is 10.6. The molecule has 4 aliphatic rings. The van der Waals surface area contributed by atoms with Gasteiger partial charge in [-0.05, 0) is 67.5 Å². The van der Waals surface area contributed by atoms with E-state index in [2.05, 4.69) is 0 Å². The third-order valence-corrected chi connectivity index (χ3v) is 10.5. The van der Waals surface area contributed by atoms with Gasteiger partial charge in [0.1, 0.15) is 5.82 Å². The molecule has 3 fully saturated rings. The van der Waals surface area contributed by atoms with Crippen LogP contribution in [0.4, 0.5) is 20.2 Å². The maximum absolute atomic E-state index is 14.9. The van der Waals surface area contributed by atoms with Gasteiger partial charge in [0.25, 0.3) is 0 Å². The number of phenolic OH excluding ortho intramolecular Hbond substituents is 1. The Morgan fingerprint density at radius 3 is 2.30 bits per heavy atom. The number of amides is 4. The largest absolute Gasteiger partial charge is 0.505 e. The monoisotopic (exact) mass is 646 g/mol. The number of para-hydroxylation sites is 1. The molecule has 0 bridgehead atoms. The van der Waals surface area contributed by atoms with Gasteiger partial charge in [-0.3, -0.25) is 24.1 Å². The van der Waals surface area contributed by atoms with Crippen LogP contribution in [0.5, 0.6) is 5.75 Å². The van der Waals surface area contributed by atoms with Crippen LogP contribution in [-0.4, -0.2) is 45.9 Å². The molecule has 0 radical (unpaired) electrons. The van der Waals surface area contributed by atoms with E-state index < -0.39 is 83.1 Å². The van der Waals surface area contributed by atoms with Gasteiger partial charge in [-0.1, -0.05) is 47.5 Å². The average molecular weight is 647 g/mol. The summed E-state index contributed by atoms with van der Waals surface area (Å²) in [6.45, 7) is 1.57. The number of imide groups is 2. The number of rotatable bonds is 4. The van der Waals surface area contributed by atoms with Crippen molar-refractivity contribution in [3.63, 3.8) is 0 Å². The molecule has 2 aliphatic carbocycles. The first-order valence-corrected chi connectivity index (χ1v) is 15.1. The SMILES string of the molecule is CC12C(=O)N(c3ccc(F)c(Cl)c3)C(=O)C1CC1C(=CCC3C(=O)N(c4cccc(B(O)O)c4)C(=O)C31)C2c1cccc(F)c1O. The first-order chi connectivity index (χ1) is 21.9. The molecule has 6 unspecified atom stereocenters. The maximum Gasteiger partial charge on any atom is 0.488 e. The number of halogens is 3. The van der Waals surface area contributed by atoms with Crippen LogP contribution in [0.15, 0.2) is 72.3 Å². The van der Waals surface area contributed by atoms with Crippen molar-refractivity contribution in [2.75, 3.05) is 9.80 Å². The fourth-order valence-electron chi connectivity index (χ4n) is 8.07. The Morgan fingerprint density at radius 1 is 0.870 bits per heavy atom. The number of carbonyl (C=O) groups is 4. The number of carbonyl (C=O) groups excluding carboxylic acids is 4. The summed E-state index contributed by atoms with van der Waals surface area (Å²) in [5, 5.41) is 30.0. The molecule has 234 valence electrons. The molecule has 2 aliphatic heterocycles. The summed E-state index contributed by atoms with van der Waals surface area (Å²) in [7, 11) is -1.83. The molecule has 1 saturated carbocycles. The number of hydrogen-bond donors (Lipinski definition) is 3. The van der Waals surface area contributed by atoms with Crippen LogP contribution in [-0.2, 0) is 19.2 Å². The van der Waals surface area contributed by atoms with Crippen molar-refractivity contribution in [1.82, 2.24) is 0 Å². The first-order valence-electron chi connectivity index (χ1n) is 14.7. The predicted molar refractivity (Wildman–Crippen MR) is 163 cm³/mol. The highest BCUT2D eigenvalue weighted by molar-refractivity contribution is 6.58. The van der Waals surface area contributed by atoms with Gasteiger partial charge in [-0.15, -0.1) is 0 Å². The summed E-state index contributed by atoms with van der Waals surface area (Å²) in [5.41, 5.74) is -0.696. The summed E-state index contributed by atoms with van der Waals surface area (Å²) in [4.78, 5) is 58.4. The van der Waals surface area contributed by atoms with Crippen molar-refractivity contribution in [1.29, 1.82) is 0 Å². The molecule has 7 rings (SSSR count). The standard InChI is InChI=1S/C33H26BClF2N2O7/c1-33-22(30(42)39(32(33)44)17-8-11-24(36)23(35)13-17)14-21-18(27(33)20-6-3-7-25(37)28(20)40)9-10-19-26(21)31(43)38(29(19)41)16-5-2-4-15(12-16)34(45)46/h2-9,11-13,19,21-22,26-27,40,45-46H,10,14H2,1H3. The van der Waals surface area contributed by atoms with Gasteiger partial charge in [0.2, 0.25) is 23.6 Å². The normalized spacial score (nSPS) is 28.7. The van der Waals surface area contributed by atoms with E-state index in [1.54, 1.807) is 13.0 Å². The van der Waals surface area contributed by atoms with E-state index in [1.165, 1.54) is 48.5 Å². The summed E-state index contributed by atoms with van der Waals surface area (Å²) in [6.07, 6.45) is 1.85. The molecule has 13 heteroatoms. The van der Waals surface area contributed by atoms with Gasteiger partial charge in [-0.2, -0.15) is 0 Å². The lowest BCUT2D eigenvalue weighted by Crippen LogP contribution is -2.49.